The van der Waals surface area contributed by atoms with Crippen molar-refractivity contribution in [1.82, 2.24) is 4.90 Å². The van der Waals surface area contributed by atoms with Crippen molar-refractivity contribution in [2.45, 2.75) is 0 Å². The monoisotopic (exact) mass is 129 g/mol. The molecule has 4 heteroatoms. The van der Waals surface area contributed by atoms with Crippen LogP contribution < -0.4 is 5.11 Å². The molecule has 0 fully saturated rings. The van der Waals surface area contributed by atoms with Gasteiger partial charge in [-0.1, -0.05) is 0 Å². The second kappa shape index (κ2) is 10.6. The number of hydrogen-bond acceptors (Lipinski definition) is 3. The average Bonchev–Trinajstić information content (AvgIpc) is 1.35. The first-order valence-corrected chi connectivity index (χ1v) is 2.00. The van der Waals surface area contributed by atoms with E-state index in [1.807, 2.05) is 19.0 Å². The van der Waals surface area contributed by atoms with E-state index in [-0.39, 0.29) is 35.1 Å². The number of rotatable bonds is 2. The normalized spacial score (nSPS) is 7.50. The third-order valence-corrected chi connectivity index (χ3v) is 0.539. The van der Waals surface area contributed by atoms with E-state index in [1.165, 1.54) is 0 Å². The zero-order valence-corrected chi connectivity index (χ0v) is 6.84. The van der Waals surface area contributed by atoms with E-state index in [2.05, 4.69) is 0 Å². The molecule has 0 heterocycles. The Labute approximate surface area is 66.1 Å². The van der Waals surface area contributed by atoms with Crippen molar-refractivity contribution in [1.29, 1.82) is 0 Å². The molecule has 1 N–H and O–H groups in total. The Bertz CT molecular complexity index is 35.2. The van der Waals surface area contributed by atoms with Gasteiger partial charge >= 0.3 is 23.1 Å². The van der Waals surface area contributed by atoms with Crippen molar-refractivity contribution in [3.8, 4) is 0 Å². The molecule has 8 heavy (non-hydrogen) atoms. The van der Waals surface area contributed by atoms with Gasteiger partial charge in [-0.2, -0.15) is 0 Å². The van der Waals surface area contributed by atoms with Crippen molar-refractivity contribution < 1.29 is 10.6 Å². The standard InChI is InChI=1S/C4H10NO.Mg.H2O/c1-5(2)3-4-6;;/h3-4H2,1-2H3;;1H2/q-1;+2;/p-1. The van der Waals surface area contributed by atoms with Crippen LogP contribution in [-0.4, -0.2) is 60.7 Å². The maximum absolute atomic E-state index is 9.70. The summed E-state index contributed by atoms with van der Waals surface area (Å²) < 4.78 is 0. The van der Waals surface area contributed by atoms with Crippen LogP contribution in [0.25, 0.3) is 0 Å². The summed E-state index contributed by atoms with van der Waals surface area (Å²) >= 11 is 0. The topological polar surface area (TPSA) is 56.3 Å². The van der Waals surface area contributed by atoms with Crippen LogP contribution in [0.4, 0.5) is 0 Å². The van der Waals surface area contributed by atoms with Gasteiger partial charge in [0.1, 0.15) is 0 Å². The molecule has 0 saturated heterocycles. The summed E-state index contributed by atoms with van der Waals surface area (Å²) in [6, 6.07) is 0. The second-order valence-corrected chi connectivity index (χ2v) is 1.51. The van der Waals surface area contributed by atoms with E-state index < -0.39 is 0 Å². The Morgan fingerprint density at radius 2 is 1.75 bits per heavy atom. The van der Waals surface area contributed by atoms with E-state index in [0.29, 0.717) is 6.54 Å². The first-order chi connectivity index (χ1) is 2.77. The molecular formula is C4H11MgNO2. The molecule has 0 aromatic rings. The summed E-state index contributed by atoms with van der Waals surface area (Å²) in [5.41, 5.74) is 0. The van der Waals surface area contributed by atoms with Crippen LogP contribution in [0.15, 0.2) is 0 Å². The fourth-order valence-corrected chi connectivity index (χ4v) is 0.183. The molecule has 0 spiro atoms. The van der Waals surface area contributed by atoms with Gasteiger partial charge in [-0.25, -0.2) is 0 Å². The van der Waals surface area contributed by atoms with Gasteiger partial charge in [0.15, 0.2) is 0 Å². The molecule has 0 aliphatic rings. The fraction of sp³-hybridized carbons (Fsp3) is 1.00. The van der Waals surface area contributed by atoms with Crippen molar-refractivity contribution in [2.75, 3.05) is 27.2 Å². The Hall–Kier alpha value is 0.646. The number of hydrogen-bond donors (Lipinski definition) is 0. The van der Waals surface area contributed by atoms with Crippen molar-refractivity contribution in [3.63, 3.8) is 0 Å². The van der Waals surface area contributed by atoms with Gasteiger partial charge in [-0.05, 0) is 20.6 Å². The molecule has 0 rings (SSSR count). The summed E-state index contributed by atoms with van der Waals surface area (Å²) in [5, 5.41) is 9.70. The third kappa shape index (κ3) is 15.9. The quantitative estimate of drug-likeness (QED) is 0.420. The van der Waals surface area contributed by atoms with E-state index in [4.69, 9.17) is 0 Å². The maximum Gasteiger partial charge on any atom is 2.00 e. The van der Waals surface area contributed by atoms with Crippen LogP contribution in [0.3, 0.4) is 0 Å². The molecule has 0 aliphatic heterocycles. The van der Waals surface area contributed by atoms with E-state index in [1.54, 1.807) is 0 Å². The molecule has 3 nitrogen and oxygen atoms in total. The number of likely N-dealkylation sites (N-methyl/N-ethyl adjacent to an activating group) is 1. The first-order valence-electron chi connectivity index (χ1n) is 2.00. The zero-order valence-electron chi connectivity index (χ0n) is 5.42. The predicted octanol–water partition coefficient (Wildman–Crippen LogP) is -1.65. The fourth-order valence-electron chi connectivity index (χ4n) is 0.183. The van der Waals surface area contributed by atoms with E-state index in [9.17, 15) is 5.11 Å². The van der Waals surface area contributed by atoms with Crippen LogP contribution in [0.1, 0.15) is 0 Å². The largest absolute Gasteiger partial charge is 2.00 e. The molecule has 0 aromatic carbocycles. The van der Waals surface area contributed by atoms with E-state index in [0.717, 1.165) is 0 Å². The summed E-state index contributed by atoms with van der Waals surface area (Å²) in [6.45, 7) is 0.660. The average molecular weight is 129 g/mol. The summed E-state index contributed by atoms with van der Waals surface area (Å²) in [5.74, 6) is 0. The molecule has 0 aliphatic carbocycles. The molecule has 0 bridgehead atoms. The molecule has 0 unspecified atom stereocenters. The van der Waals surface area contributed by atoms with Crippen molar-refractivity contribution >= 4 is 23.1 Å². The van der Waals surface area contributed by atoms with Crippen molar-refractivity contribution in [3.05, 3.63) is 0 Å². The van der Waals surface area contributed by atoms with E-state index >= 15 is 0 Å². The third-order valence-electron chi connectivity index (χ3n) is 0.539. The van der Waals surface area contributed by atoms with Crippen LogP contribution in [0.2, 0.25) is 0 Å². The second-order valence-electron chi connectivity index (χ2n) is 1.51. The smallest absolute Gasteiger partial charge is 0.870 e. The predicted molar refractivity (Wildman–Crippen MR) is 31.1 cm³/mol. The maximum atomic E-state index is 9.70. The molecule has 0 atom stereocenters. The minimum Gasteiger partial charge on any atom is -0.870 e. The Balaban J connectivity index is -0.000000125. The van der Waals surface area contributed by atoms with Gasteiger partial charge in [0.25, 0.3) is 0 Å². The van der Waals surface area contributed by atoms with Gasteiger partial charge in [0.2, 0.25) is 0 Å². The van der Waals surface area contributed by atoms with Crippen LogP contribution in [-0.2, 0) is 0 Å². The Kier molecular flexibility index (Phi) is 21.0. The van der Waals surface area contributed by atoms with Gasteiger partial charge in [-0.3, -0.25) is 0 Å². The summed E-state index contributed by atoms with van der Waals surface area (Å²) in [4.78, 5) is 1.87. The molecule has 46 valence electrons. The summed E-state index contributed by atoms with van der Waals surface area (Å²) in [6.07, 6.45) is 0. The SMILES string of the molecule is CN(C)CC[O-].[Mg+2].[OH-]. The van der Waals surface area contributed by atoms with Crippen LogP contribution in [0.5, 0.6) is 0 Å². The molecular weight excluding hydrogens is 118 g/mol. The van der Waals surface area contributed by atoms with Crippen molar-refractivity contribution in [2.24, 2.45) is 0 Å². The Morgan fingerprint density at radius 1 is 1.38 bits per heavy atom. The summed E-state index contributed by atoms with van der Waals surface area (Å²) in [7, 11) is 3.77. The minimum atomic E-state index is 0. The minimum absolute atomic E-state index is 0. The molecule has 0 saturated carbocycles. The number of nitrogens with zero attached hydrogens (tertiary/aromatic N) is 1. The zero-order chi connectivity index (χ0) is 4.99. The molecule has 0 radical (unpaired) electrons. The van der Waals surface area contributed by atoms with Crippen LogP contribution >= 0.6 is 0 Å². The molecule has 0 amide bonds. The molecule has 0 aromatic heterocycles. The Morgan fingerprint density at radius 3 is 1.75 bits per heavy atom. The van der Waals surface area contributed by atoms with Gasteiger partial charge in [0, 0.05) is 0 Å². The van der Waals surface area contributed by atoms with Gasteiger partial charge in [0.05, 0.1) is 0 Å². The van der Waals surface area contributed by atoms with Gasteiger partial charge in [-0.15, -0.1) is 6.61 Å². The van der Waals surface area contributed by atoms with Crippen LogP contribution in [0, 0.1) is 0 Å². The van der Waals surface area contributed by atoms with Gasteiger partial charge < -0.3 is 15.5 Å². The first kappa shape index (κ1) is 15.9.